The highest BCUT2D eigenvalue weighted by molar-refractivity contribution is 7.91. The van der Waals surface area contributed by atoms with Gasteiger partial charge in [0, 0.05) is 37.3 Å². The highest BCUT2D eigenvalue weighted by Crippen LogP contribution is 2.39. The Morgan fingerprint density at radius 3 is 2.60 bits per heavy atom. The molecule has 0 bridgehead atoms. The molecule has 10 nitrogen and oxygen atoms in total. The summed E-state index contributed by atoms with van der Waals surface area (Å²) in [6.45, 7) is 5.58. The predicted molar refractivity (Wildman–Crippen MR) is 156 cm³/mol. The molecule has 13 heteroatoms. The Morgan fingerprint density at radius 1 is 1.05 bits per heavy atom. The van der Waals surface area contributed by atoms with E-state index in [0.29, 0.717) is 22.6 Å². The summed E-state index contributed by atoms with van der Waals surface area (Å²) in [5.74, 6) is -3.62. The van der Waals surface area contributed by atoms with Crippen LogP contribution in [0.2, 0.25) is 0 Å². The molecule has 2 aliphatic rings. The molecule has 224 valence electrons. The van der Waals surface area contributed by atoms with Gasteiger partial charge in [-0.25, -0.2) is 18.4 Å². The van der Waals surface area contributed by atoms with E-state index in [1.165, 1.54) is 0 Å². The van der Waals surface area contributed by atoms with Crippen molar-refractivity contribution >= 4 is 32.5 Å². The number of hydrogen-bond donors (Lipinski definition) is 1. The van der Waals surface area contributed by atoms with Gasteiger partial charge in [-0.3, -0.25) is 14.8 Å². The Labute approximate surface area is 247 Å². The van der Waals surface area contributed by atoms with Crippen LogP contribution in [0.15, 0.2) is 59.8 Å². The number of ether oxygens (including phenoxy) is 1. The lowest BCUT2D eigenvalue weighted by Gasteiger charge is -2.36. The van der Waals surface area contributed by atoms with Crippen molar-refractivity contribution in [1.82, 2.24) is 25.3 Å². The molecule has 0 aliphatic carbocycles. The summed E-state index contributed by atoms with van der Waals surface area (Å²) < 4.78 is 59.9. The molecule has 43 heavy (non-hydrogen) atoms. The Hall–Kier alpha value is -4.10. The molecule has 1 N–H and O–H groups in total. The van der Waals surface area contributed by atoms with E-state index >= 15 is 0 Å². The van der Waals surface area contributed by atoms with E-state index in [1.54, 1.807) is 12.3 Å². The van der Waals surface area contributed by atoms with Crippen LogP contribution in [0.1, 0.15) is 48.4 Å². The number of nitrogens with zero attached hydrogens (tertiary/aromatic N) is 5. The van der Waals surface area contributed by atoms with Gasteiger partial charge >= 0.3 is 0 Å². The van der Waals surface area contributed by atoms with Gasteiger partial charge in [0.15, 0.2) is 9.84 Å². The van der Waals surface area contributed by atoms with Gasteiger partial charge in [0.25, 0.3) is 11.8 Å². The summed E-state index contributed by atoms with van der Waals surface area (Å²) in [6.07, 6.45) is 2.02. The average molecular weight is 609 g/mol. The minimum absolute atomic E-state index is 0.00180. The Morgan fingerprint density at radius 2 is 1.81 bits per heavy atom. The lowest BCUT2D eigenvalue weighted by atomic mass is 10.1. The molecular weight excluding hydrogens is 578 g/mol. The average Bonchev–Trinajstić information content (AvgIpc) is 3.07. The van der Waals surface area contributed by atoms with Crippen LogP contribution in [0.5, 0.6) is 0 Å². The number of amides is 1. The molecule has 0 saturated carbocycles. The molecule has 0 radical (unpaired) electrons. The third-order valence-corrected chi connectivity index (χ3v) is 9.31. The largest absolute Gasteiger partial charge is 0.372 e. The fourth-order valence-corrected chi connectivity index (χ4v) is 7.02. The van der Waals surface area contributed by atoms with E-state index in [2.05, 4.69) is 20.2 Å². The zero-order valence-corrected chi connectivity index (χ0v) is 24.4. The molecule has 1 fully saturated rings. The van der Waals surface area contributed by atoms with Gasteiger partial charge in [-0.15, -0.1) is 0 Å². The lowest BCUT2D eigenvalue weighted by molar-refractivity contribution is -0.0201. The Balaban J connectivity index is 1.20. The number of nitrogens with one attached hydrogen (secondary N) is 1. The fraction of sp³-hybridized carbons (Fsp3) is 0.367. The van der Waals surface area contributed by atoms with E-state index in [4.69, 9.17) is 14.7 Å². The van der Waals surface area contributed by atoms with Crippen LogP contribution in [0.3, 0.4) is 0 Å². The third kappa shape index (κ3) is 6.04. The van der Waals surface area contributed by atoms with Crippen LogP contribution in [0.4, 0.5) is 14.6 Å². The highest BCUT2D eigenvalue weighted by Gasteiger charge is 2.42. The first kappa shape index (κ1) is 29.0. The lowest BCUT2D eigenvalue weighted by Crippen LogP contribution is -2.45. The van der Waals surface area contributed by atoms with Crippen LogP contribution in [0.25, 0.3) is 22.3 Å². The number of hydrogen-bond acceptors (Lipinski definition) is 9. The number of carbonyl (C=O) groups excluding carboxylic acids is 1. The van der Waals surface area contributed by atoms with Gasteiger partial charge in [0.2, 0.25) is 0 Å². The van der Waals surface area contributed by atoms with Crippen molar-refractivity contribution in [3.05, 3.63) is 71.8 Å². The van der Waals surface area contributed by atoms with E-state index < -0.39 is 44.4 Å². The maximum Gasteiger partial charge on any atom is 0.291 e. The second kappa shape index (κ2) is 11.2. The molecule has 0 unspecified atom stereocenters. The standard InChI is InChI=1S/C30H30F2N6O4S/c1-18-16-38(17-19(2)42-18)27-6-3-5-23(37-27)24-8-7-20-13-33-22(12-25(20)36-24)15-35-29(39)21-11-26-28(34-14-21)30(31,32)9-4-10-43(26,40)41/h3,5-8,11-14,18-19H,4,9-10,15-17H2,1-2H3,(H,35,39)/t18-,19+. The first-order valence-electron chi connectivity index (χ1n) is 14.0. The van der Waals surface area contributed by atoms with Gasteiger partial charge < -0.3 is 15.0 Å². The monoisotopic (exact) mass is 608 g/mol. The molecule has 0 aromatic carbocycles. The summed E-state index contributed by atoms with van der Waals surface area (Å²) in [6, 6.07) is 12.3. The van der Waals surface area contributed by atoms with Crippen molar-refractivity contribution in [2.75, 3.05) is 23.7 Å². The SMILES string of the molecule is C[C@@H]1CN(c2cccc(-c3ccc4cnc(CNC(=O)c5cnc6c(c5)S(=O)(=O)CCCC6(F)F)cc4n3)n2)C[C@H](C)O1. The molecule has 1 saturated heterocycles. The van der Waals surface area contributed by atoms with Crippen LogP contribution < -0.4 is 10.2 Å². The number of morpholine rings is 1. The van der Waals surface area contributed by atoms with Gasteiger partial charge in [-0.2, -0.15) is 8.78 Å². The molecule has 6 heterocycles. The Kier molecular flexibility index (Phi) is 7.55. The summed E-state index contributed by atoms with van der Waals surface area (Å²) in [4.78, 5) is 32.2. The van der Waals surface area contributed by atoms with E-state index in [1.807, 2.05) is 44.2 Å². The van der Waals surface area contributed by atoms with Gasteiger partial charge in [0.1, 0.15) is 11.5 Å². The van der Waals surface area contributed by atoms with Crippen LogP contribution in [-0.2, 0) is 27.0 Å². The molecule has 0 spiro atoms. The molecule has 2 aliphatic heterocycles. The van der Waals surface area contributed by atoms with Crippen molar-refractivity contribution in [1.29, 1.82) is 0 Å². The van der Waals surface area contributed by atoms with Crippen LogP contribution in [-0.4, -0.2) is 65.3 Å². The maximum absolute atomic E-state index is 14.4. The first-order valence-corrected chi connectivity index (χ1v) is 15.7. The predicted octanol–water partition coefficient (Wildman–Crippen LogP) is 4.29. The summed E-state index contributed by atoms with van der Waals surface area (Å²) in [5, 5.41) is 3.47. The number of alkyl halides is 2. The van der Waals surface area contributed by atoms with Crippen molar-refractivity contribution in [2.45, 2.75) is 56.3 Å². The normalized spacial score (nSPS) is 21.2. The minimum Gasteiger partial charge on any atom is -0.372 e. The van der Waals surface area contributed by atoms with Crippen LogP contribution >= 0.6 is 0 Å². The molecule has 6 rings (SSSR count). The number of pyridine rings is 4. The molecule has 4 aromatic rings. The summed E-state index contributed by atoms with van der Waals surface area (Å²) in [5.41, 5.74) is 1.61. The number of sulfone groups is 1. The summed E-state index contributed by atoms with van der Waals surface area (Å²) in [7, 11) is -3.99. The second-order valence-corrected chi connectivity index (χ2v) is 13.1. The molecule has 1 amide bonds. The first-order chi connectivity index (χ1) is 20.5. The molecule has 2 atom stereocenters. The highest BCUT2D eigenvalue weighted by atomic mass is 32.2. The van der Waals surface area contributed by atoms with E-state index in [9.17, 15) is 22.0 Å². The smallest absolute Gasteiger partial charge is 0.291 e. The molecular formula is C30H30F2N6O4S. The van der Waals surface area contributed by atoms with Crippen molar-refractivity contribution < 1.29 is 26.7 Å². The number of rotatable bonds is 5. The number of carbonyl (C=O) groups is 1. The Bertz CT molecular complexity index is 1810. The van der Waals surface area contributed by atoms with Crippen molar-refractivity contribution in [2.24, 2.45) is 0 Å². The number of anilines is 1. The van der Waals surface area contributed by atoms with E-state index in [0.717, 1.165) is 36.6 Å². The third-order valence-electron chi connectivity index (χ3n) is 7.50. The van der Waals surface area contributed by atoms with Gasteiger partial charge in [-0.05, 0) is 56.7 Å². The van der Waals surface area contributed by atoms with Gasteiger partial charge in [0.05, 0.1) is 57.6 Å². The number of halogens is 2. The molecule has 4 aromatic heterocycles. The quantitative estimate of drug-likeness (QED) is 0.353. The van der Waals surface area contributed by atoms with Crippen molar-refractivity contribution in [3.8, 4) is 11.4 Å². The fourth-order valence-electron chi connectivity index (χ4n) is 5.47. The van der Waals surface area contributed by atoms with Gasteiger partial charge in [-0.1, -0.05) is 6.07 Å². The topological polar surface area (TPSA) is 127 Å². The zero-order valence-electron chi connectivity index (χ0n) is 23.6. The second-order valence-electron chi connectivity index (χ2n) is 11.0. The minimum atomic E-state index is -3.99. The van der Waals surface area contributed by atoms with Crippen LogP contribution in [0, 0.1) is 0 Å². The summed E-state index contributed by atoms with van der Waals surface area (Å²) >= 11 is 0. The number of fused-ring (bicyclic) bond motifs is 2. The number of aromatic nitrogens is 4. The van der Waals surface area contributed by atoms with E-state index in [-0.39, 0.29) is 30.7 Å². The van der Waals surface area contributed by atoms with Crippen molar-refractivity contribution in [3.63, 3.8) is 0 Å². The maximum atomic E-state index is 14.4. The zero-order chi connectivity index (χ0) is 30.4.